The van der Waals surface area contributed by atoms with E-state index in [9.17, 15) is 4.79 Å². The van der Waals surface area contributed by atoms with E-state index >= 15 is 0 Å². The molecule has 1 aromatic carbocycles. The van der Waals surface area contributed by atoms with Gasteiger partial charge in [-0.2, -0.15) is 0 Å². The average Bonchev–Trinajstić information content (AvgIpc) is 2.47. The monoisotopic (exact) mass is 368 g/mol. The van der Waals surface area contributed by atoms with Crippen LogP contribution in [0.2, 0.25) is 0 Å². The van der Waals surface area contributed by atoms with E-state index in [-0.39, 0.29) is 12.0 Å². The first-order chi connectivity index (χ1) is 10.6. The molecule has 1 saturated heterocycles. The summed E-state index contributed by atoms with van der Waals surface area (Å²) < 4.78 is 6.65. The van der Waals surface area contributed by atoms with Crippen LogP contribution in [0.5, 0.6) is 5.75 Å². The van der Waals surface area contributed by atoms with Gasteiger partial charge >= 0.3 is 0 Å². The summed E-state index contributed by atoms with van der Waals surface area (Å²) in [6, 6.07) is 5.52. The number of piperidine rings is 1. The molecule has 0 spiro atoms. The Hall–Kier alpha value is -1.07. The summed E-state index contributed by atoms with van der Waals surface area (Å²) in [6.45, 7) is 6.81. The number of hydrogen-bond acceptors (Lipinski definition) is 3. The second-order valence-corrected chi connectivity index (χ2v) is 6.98. The normalized spacial score (nSPS) is 18.3. The lowest BCUT2D eigenvalue weighted by atomic mass is 9.96. The van der Waals surface area contributed by atoms with Crippen LogP contribution in [-0.4, -0.2) is 31.6 Å². The summed E-state index contributed by atoms with van der Waals surface area (Å²) in [6.07, 6.45) is 3.55. The lowest BCUT2D eigenvalue weighted by Gasteiger charge is -2.22. The van der Waals surface area contributed by atoms with Gasteiger partial charge in [0.15, 0.2) is 0 Å². The maximum atomic E-state index is 12.4. The van der Waals surface area contributed by atoms with Crippen molar-refractivity contribution in [2.24, 2.45) is 5.92 Å². The zero-order chi connectivity index (χ0) is 15.9. The molecule has 22 heavy (non-hydrogen) atoms. The first kappa shape index (κ1) is 17.3. The summed E-state index contributed by atoms with van der Waals surface area (Å²) in [4.78, 5) is 12.4. The highest BCUT2D eigenvalue weighted by molar-refractivity contribution is 9.10. The molecule has 1 unspecified atom stereocenters. The van der Waals surface area contributed by atoms with Gasteiger partial charge in [0.2, 0.25) is 0 Å². The molecule has 1 atom stereocenters. The van der Waals surface area contributed by atoms with Crippen molar-refractivity contribution < 1.29 is 9.53 Å². The maximum absolute atomic E-state index is 12.4. The molecule has 1 amide bonds. The Morgan fingerprint density at radius 2 is 2.32 bits per heavy atom. The largest absolute Gasteiger partial charge is 0.490 e. The summed E-state index contributed by atoms with van der Waals surface area (Å²) in [5.74, 6) is 1.23. The number of rotatable bonds is 6. The van der Waals surface area contributed by atoms with E-state index in [2.05, 4.69) is 26.6 Å². The fourth-order valence-corrected chi connectivity index (χ4v) is 3.03. The van der Waals surface area contributed by atoms with E-state index in [0.29, 0.717) is 23.8 Å². The molecule has 0 saturated carbocycles. The second-order valence-electron chi connectivity index (χ2n) is 6.06. The van der Waals surface area contributed by atoms with E-state index in [1.807, 2.05) is 26.0 Å². The SMILES string of the molecule is CC(C)Oc1cc(Br)ccc1C(=O)NCCC1CCCNC1. The molecule has 1 aliphatic rings. The zero-order valence-electron chi connectivity index (χ0n) is 13.3. The summed E-state index contributed by atoms with van der Waals surface area (Å²) in [7, 11) is 0. The van der Waals surface area contributed by atoms with Crippen molar-refractivity contribution in [1.82, 2.24) is 10.6 Å². The van der Waals surface area contributed by atoms with Gasteiger partial charge in [0.05, 0.1) is 11.7 Å². The van der Waals surface area contributed by atoms with Crippen molar-refractivity contribution in [1.29, 1.82) is 0 Å². The average molecular weight is 369 g/mol. The molecule has 5 heteroatoms. The molecule has 2 N–H and O–H groups in total. The highest BCUT2D eigenvalue weighted by Crippen LogP contribution is 2.25. The van der Waals surface area contributed by atoms with E-state index in [4.69, 9.17) is 4.74 Å². The number of halogens is 1. The Morgan fingerprint density at radius 1 is 1.50 bits per heavy atom. The molecule has 0 radical (unpaired) electrons. The Bertz CT molecular complexity index is 499. The van der Waals surface area contributed by atoms with Gasteiger partial charge in [-0.25, -0.2) is 0 Å². The highest BCUT2D eigenvalue weighted by Gasteiger charge is 2.16. The van der Waals surface area contributed by atoms with Gasteiger partial charge in [0.1, 0.15) is 5.75 Å². The van der Waals surface area contributed by atoms with Crippen LogP contribution in [0.4, 0.5) is 0 Å². The number of carbonyl (C=O) groups excluding carboxylic acids is 1. The van der Waals surface area contributed by atoms with Crippen LogP contribution in [0, 0.1) is 5.92 Å². The van der Waals surface area contributed by atoms with Crippen LogP contribution >= 0.6 is 15.9 Å². The third-order valence-electron chi connectivity index (χ3n) is 3.79. The van der Waals surface area contributed by atoms with Gasteiger partial charge < -0.3 is 15.4 Å². The molecule has 1 fully saturated rings. The molecule has 0 bridgehead atoms. The van der Waals surface area contributed by atoms with Crippen molar-refractivity contribution in [3.8, 4) is 5.75 Å². The number of amides is 1. The molecule has 0 aliphatic carbocycles. The third-order valence-corrected chi connectivity index (χ3v) is 4.28. The van der Waals surface area contributed by atoms with Crippen molar-refractivity contribution in [2.45, 2.75) is 39.2 Å². The Labute approximate surface area is 141 Å². The van der Waals surface area contributed by atoms with Gasteiger partial charge in [-0.15, -0.1) is 0 Å². The van der Waals surface area contributed by atoms with Crippen molar-refractivity contribution in [3.05, 3.63) is 28.2 Å². The van der Waals surface area contributed by atoms with Crippen LogP contribution in [0.15, 0.2) is 22.7 Å². The van der Waals surface area contributed by atoms with Gasteiger partial charge in [0, 0.05) is 11.0 Å². The molecular weight excluding hydrogens is 344 g/mol. The van der Waals surface area contributed by atoms with Crippen LogP contribution < -0.4 is 15.4 Å². The van der Waals surface area contributed by atoms with Crippen LogP contribution in [0.3, 0.4) is 0 Å². The summed E-state index contributed by atoms with van der Waals surface area (Å²) in [5, 5.41) is 6.42. The van der Waals surface area contributed by atoms with Crippen molar-refractivity contribution in [3.63, 3.8) is 0 Å². The Balaban J connectivity index is 1.90. The summed E-state index contributed by atoms with van der Waals surface area (Å²) >= 11 is 3.42. The van der Waals surface area contributed by atoms with Gasteiger partial charge in [-0.1, -0.05) is 15.9 Å². The molecule has 0 aromatic heterocycles. The number of carbonyl (C=O) groups is 1. The lowest BCUT2D eigenvalue weighted by molar-refractivity contribution is 0.0945. The molecule has 4 nitrogen and oxygen atoms in total. The van der Waals surface area contributed by atoms with Gasteiger partial charge in [0.25, 0.3) is 5.91 Å². The fraction of sp³-hybridized carbons (Fsp3) is 0.588. The number of nitrogens with one attached hydrogen (secondary N) is 2. The van der Waals surface area contributed by atoms with Crippen LogP contribution in [0.25, 0.3) is 0 Å². The predicted molar refractivity (Wildman–Crippen MR) is 92.4 cm³/mol. The highest BCUT2D eigenvalue weighted by atomic mass is 79.9. The maximum Gasteiger partial charge on any atom is 0.255 e. The standard InChI is InChI=1S/C17H25BrN2O2/c1-12(2)22-16-10-14(18)5-6-15(16)17(21)20-9-7-13-4-3-8-19-11-13/h5-6,10,12-13,19H,3-4,7-9,11H2,1-2H3,(H,20,21). The Morgan fingerprint density at radius 3 is 3.00 bits per heavy atom. The molecular formula is C17H25BrN2O2. The smallest absolute Gasteiger partial charge is 0.255 e. The topological polar surface area (TPSA) is 50.4 Å². The van der Waals surface area contributed by atoms with Crippen molar-refractivity contribution >= 4 is 21.8 Å². The van der Waals surface area contributed by atoms with Gasteiger partial charge in [-0.3, -0.25) is 4.79 Å². The molecule has 122 valence electrons. The number of ether oxygens (including phenoxy) is 1. The molecule has 2 rings (SSSR count). The summed E-state index contributed by atoms with van der Waals surface area (Å²) in [5.41, 5.74) is 0.596. The minimum Gasteiger partial charge on any atom is -0.490 e. The van der Waals surface area contributed by atoms with Crippen molar-refractivity contribution in [2.75, 3.05) is 19.6 Å². The first-order valence-electron chi connectivity index (χ1n) is 8.01. The first-order valence-corrected chi connectivity index (χ1v) is 8.80. The molecule has 1 aromatic rings. The molecule has 1 aliphatic heterocycles. The quantitative estimate of drug-likeness (QED) is 0.809. The van der Waals surface area contributed by atoms with Crippen LogP contribution in [0.1, 0.15) is 43.5 Å². The predicted octanol–water partition coefficient (Wildman–Crippen LogP) is 3.36. The van der Waals surface area contributed by atoms with E-state index < -0.39 is 0 Å². The zero-order valence-corrected chi connectivity index (χ0v) is 14.9. The van der Waals surface area contributed by atoms with E-state index in [1.165, 1.54) is 12.8 Å². The van der Waals surface area contributed by atoms with E-state index in [0.717, 1.165) is 24.0 Å². The van der Waals surface area contributed by atoms with E-state index in [1.54, 1.807) is 6.07 Å². The minimum atomic E-state index is -0.0630. The third kappa shape index (κ3) is 5.29. The van der Waals surface area contributed by atoms with Gasteiger partial charge in [-0.05, 0) is 70.3 Å². The van der Waals surface area contributed by atoms with Crippen LogP contribution in [-0.2, 0) is 0 Å². The fourth-order valence-electron chi connectivity index (χ4n) is 2.69. The number of hydrogen-bond donors (Lipinski definition) is 2. The molecule has 1 heterocycles. The number of benzene rings is 1. The second kappa shape index (κ2) is 8.53. The Kier molecular flexibility index (Phi) is 6.70. The minimum absolute atomic E-state index is 0.0363. The lowest BCUT2D eigenvalue weighted by Crippen LogP contribution is -2.33.